The van der Waals surface area contributed by atoms with Gasteiger partial charge in [0.2, 0.25) is 0 Å². The molecule has 0 aliphatic rings. The molecule has 0 radical (unpaired) electrons. The lowest BCUT2D eigenvalue weighted by atomic mass is 10.0. The second-order valence-corrected chi connectivity index (χ2v) is 4.19. The van der Waals surface area contributed by atoms with E-state index in [9.17, 15) is 13.2 Å². The summed E-state index contributed by atoms with van der Waals surface area (Å²) in [5, 5.41) is 2.87. The van der Waals surface area contributed by atoms with E-state index in [0.29, 0.717) is 6.54 Å². The summed E-state index contributed by atoms with van der Waals surface area (Å²) in [4.78, 5) is 0. The fraction of sp³-hybridized carbons (Fsp3) is 0.500. The standard InChI is InChI=1S/C12H17F3N2/c1-8(7-16)9(2)17-11-6-4-3-5-10(11)12(13,14)15/h3-6,8-9,17H,7,16H2,1-2H3. The van der Waals surface area contributed by atoms with Crippen LogP contribution < -0.4 is 11.1 Å². The van der Waals surface area contributed by atoms with E-state index in [4.69, 9.17) is 5.73 Å². The first kappa shape index (κ1) is 13.8. The molecule has 0 saturated heterocycles. The highest BCUT2D eigenvalue weighted by Crippen LogP contribution is 2.35. The van der Waals surface area contributed by atoms with Crippen LogP contribution in [0.3, 0.4) is 0 Å². The molecule has 0 bridgehead atoms. The van der Waals surface area contributed by atoms with Gasteiger partial charge in [-0.25, -0.2) is 0 Å². The first-order chi connectivity index (χ1) is 7.86. The Morgan fingerprint density at radius 3 is 2.35 bits per heavy atom. The van der Waals surface area contributed by atoms with Gasteiger partial charge in [0.1, 0.15) is 0 Å². The molecule has 2 atom stereocenters. The van der Waals surface area contributed by atoms with Crippen molar-refractivity contribution in [3.63, 3.8) is 0 Å². The Balaban J connectivity index is 2.91. The number of hydrogen-bond donors (Lipinski definition) is 2. The second kappa shape index (κ2) is 5.40. The van der Waals surface area contributed by atoms with Gasteiger partial charge >= 0.3 is 6.18 Å². The maximum atomic E-state index is 12.7. The molecule has 1 aromatic rings. The van der Waals surface area contributed by atoms with Crippen molar-refractivity contribution >= 4 is 5.69 Å². The predicted octanol–water partition coefficient (Wildman–Crippen LogP) is 3.10. The zero-order valence-electron chi connectivity index (χ0n) is 9.88. The number of para-hydroxylation sites is 1. The van der Waals surface area contributed by atoms with E-state index >= 15 is 0 Å². The summed E-state index contributed by atoms with van der Waals surface area (Å²) in [5.41, 5.74) is 4.95. The molecule has 0 spiro atoms. The average molecular weight is 246 g/mol. The molecule has 96 valence electrons. The highest BCUT2D eigenvalue weighted by atomic mass is 19.4. The number of nitrogens with one attached hydrogen (secondary N) is 1. The van der Waals surface area contributed by atoms with Crippen LogP contribution in [0.15, 0.2) is 24.3 Å². The van der Waals surface area contributed by atoms with Crippen LogP contribution in [0.2, 0.25) is 0 Å². The summed E-state index contributed by atoms with van der Waals surface area (Å²) in [6.07, 6.45) is -4.34. The Morgan fingerprint density at radius 2 is 1.82 bits per heavy atom. The molecule has 17 heavy (non-hydrogen) atoms. The maximum absolute atomic E-state index is 12.7. The van der Waals surface area contributed by atoms with Crippen LogP contribution in [-0.2, 0) is 6.18 Å². The van der Waals surface area contributed by atoms with Gasteiger partial charge in [0, 0.05) is 11.7 Å². The van der Waals surface area contributed by atoms with Gasteiger partial charge in [-0.3, -0.25) is 0 Å². The lowest BCUT2D eigenvalue weighted by Gasteiger charge is -2.23. The van der Waals surface area contributed by atoms with Gasteiger partial charge in [0.15, 0.2) is 0 Å². The molecule has 0 saturated carbocycles. The largest absolute Gasteiger partial charge is 0.418 e. The maximum Gasteiger partial charge on any atom is 0.418 e. The van der Waals surface area contributed by atoms with Crippen LogP contribution in [0, 0.1) is 5.92 Å². The normalized spacial score (nSPS) is 15.4. The number of hydrogen-bond acceptors (Lipinski definition) is 2. The fourth-order valence-corrected chi connectivity index (χ4v) is 1.45. The highest BCUT2D eigenvalue weighted by molar-refractivity contribution is 5.53. The summed E-state index contributed by atoms with van der Waals surface area (Å²) in [6.45, 7) is 4.15. The summed E-state index contributed by atoms with van der Waals surface area (Å²) >= 11 is 0. The number of nitrogens with two attached hydrogens (primary N) is 1. The molecule has 0 aromatic heterocycles. The number of benzene rings is 1. The average Bonchev–Trinajstić information content (AvgIpc) is 2.27. The Kier molecular flexibility index (Phi) is 4.40. The van der Waals surface area contributed by atoms with Crippen molar-refractivity contribution < 1.29 is 13.2 Å². The molecule has 5 heteroatoms. The molecule has 0 aliphatic carbocycles. The van der Waals surface area contributed by atoms with E-state index < -0.39 is 11.7 Å². The van der Waals surface area contributed by atoms with E-state index in [1.54, 1.807) is 6.07 Å². The van der Waals surface area contributed by atoms with E-state index in [2.05, 4.69) is 5.32 Å². The molecular weight excluding hydrogens is 229 g/mol. The van der Waals surface area contributed by atoms with E-state index in [1.807, 2.05) is 13.8 Å². The van der Waals surface area contributed by atoms with Crippen LogP contribution >= 0.6 is 0 Å². The zero-order valence-corrected chi connectivity index (χ0v) is 9.88. The number of alkyl halides is 3. The second-order valence-electron chi connectivity index (χ2n) is 4.19. The summed E-state index contributed by atoms with van der Waals surface area (Å²) < 4.78 is 38.2. The molecular formula is C12H17F3N2. The Hall–Kier alpha value is -1.23. The van der Waals surface area contributed by atoms with Gasteiger partial charge in [-0.15, -0.1) is 0 Å². The Morgan fingerprint density at radius 1 is 1.24 bits per heavy atom. The molecule has 2 unspecified atom stereocenters. The van der Waals surface area contributed by atoms with Gasteiger partial charge in [-0.1, -0.05) is 19.1 Å². The number of halogens is 3. The number of rotatable bonds is 4. The third kappa shape index (κ3) is 3.63. The van der Waals surface area contributed by atoms with Gasteiger partial charge in [-0.05, 0) is 31.5 Å². The molecule has 2 nitrogen and oxygen atoms in total. The van der Waals surface area contributed by atoms with Crippen molar-refractivity contribution in [2.45, 2.75) is 26.1 Å². The minimum atomic E-state index is -4.34. The van der Waals surface area contributed by atoms with E-state index in [-0.39, 0.29) is 17.6 Å². The summed E-state index contributed by atoms with van der Waals surface area (Å²) in [6, 6.07) is 5.36. The smallest absolute Gasteiger partial charge is 0.382 e. The third-order valence-electron chi connectivity index (χ3n) is 2.84. The Labute approximate surface area is 99.0 Å². The third-order valence-corrected chi connectivity index (χ3v) is 2.84. The van der Waals surface area contributed by atoms with Crippen molar-refractivity contribution in [3.05, 3.63) is 29.8 Å². The van der Waals surface area contributed by atoms with Crippen LogP contribution in [0.4, 0.5) is 18.9 Å². The number of anilines is 1. The van der Waals surface area contributed by atoms with Crippen molar-refractivity contribution in [2.75, 3.05) is 11.9 Å². The monoisotopic (exact) mass is 246 g/mol. The lowest BCUT2D eigenvalue weighted by Crippen LogP contribution is -2.30. The predicted molar refractivity (Wildman–Crippen MR) is 62.7 cm³/mol. The van der Waals surface area contributed by atoms with Crippen LogP contribution in [0.25, 0.3) is 0 Å². The van der Waals surface area contributed by atoms with E-state index in [0.717, 1.165) is 6.07 Å². The molecule has 1 rings (SSSR count). The first-order valence-electron chi connectivity index (χ1n) is 5.49. The van der Waals surface area contributed by atoms with Crippen LogP contribution in [0.1, 0.15) is 19.4 Å². The van der Waals surface area contributed by atoms with E-state index in [1.165, 1.54) is 12.1 Å². The summed E-state index contributed by atoms with van der Waals surface area (Å²) in [5.74, 6) is 0.108. The first-order valence-corrected chi connectivity index (χ1v) is 5.49. The molecule has 1 aromatic carbocycles. The molecule has 3 N–H and O–H groups in total. The Bertz CT molecular complexity index is 363. The van der Waals surface area contributed by atoms with Crippen LogP contribution in [-0.4, -0.2) is 12.6 Å². The molecule has 0 heterocycles. The quantitative estimate of drug-likeness (QED) is 0.856. The van der Waals surface area contributed by atoms with Gasteiger partial charge in [-0.2, -0.15) is 13.2 Å². The molecule has 0 amide bonds. The minimum absolute atomic E-state index is 0.104. The van der Waals surface area contributed by atoms with Gasteiger partial charge < -0.3 is 11.1 Å². The fourth-order valence-electron chi connectivity index (χ4n) is 1.45. The zero-order chi connectivity index (χ0) is 13.1. The van der Waals surface area contributed by atoms with Crippen LogP contribution in [0.5, 0.6) is 0 Å². The molecule has 0 fully saturated rings. The summed E-state index contributed by atoms with van der Waals surface area (Å²) in [7, 11) is 0. The SMILES string of the molecule is CC(CN)C(C)Nc1ccccc1C(F)(F)F. The minimum Gasteiger partial charge on any atom is -0.382 e. The lowest BCUT2D eigenvalue weighted by molar-refractivity contribution is -0.137. The van der Waals surface area contributed by atoms with Gasteiger partial charge in [0.25, 0.3) is 0 Å². The van der Waals surface area contributed by atoms with Gasteiger partial charge in [0.05, 0.1) is 5.56 Å². The van der Waals surface area contributed by atoms with Crippen molar-refractivity contribution in [1.29, 1.82) is 0 Å². The van der Waals surface area contributed by atoms with Crippen molar-refractivity contribution in [2.24, 2.45) is 11.7 Å². The molecule has 0 aliphatic heterocycles. The topological polar surface area (TPSA) is 38.0 Å². The highest BCUT2D eigenvalue weighted by Gasteiger charge is 2.33. The van der Waals surface area contributed by atoms with Crippen molar-refractivity contribution in [3.8, 4) is 0 Å². The van der Waals surface area contributed by atoms with Crippen molar-refractivity contribution in [1.82, 2.24) is 0 Å².